The highest BCUT2D eigenvalue weighted by Gasteiger charge is 2.15. The molecule has 0 saturated heterocycles. The van der Waals surface area contributed by atoms with Gasteiger partial charge in [-0.05, 0) is 18.6 Å². The molecule has 3 rings (SSSR count). The minimum Gasteiger partial charge on any atom is -0.486 e. The van der Waals surface area contributed by atoms with E-state index in [0.717, 1.165) is 35.8 Å². The van der Waals surface area contributed by atoms with Gasteiger partial charge in [-0.15, -0.1) is 0 Å². The van der Waals surface area contributed by atoms with Crippen LogP contribution in [0.1, 0.15) is 18.2 Å². The van der Waals surface area contributed by atoms with Crippen molar-refractivity contribution in [2.24, 2.45) is 7.05 Å². The Labute approximate surface area is 118 Å². The van der Waals surface area contributed by atoms with Crippen LogP contribution in [-0.2, 0) is 20.0 Å². The molecular weight excluding hydrogens is 254 g/mol. The van der Waals surface area contributed by atoms with Gasteiger partial charge in [-0.3, -0.25) is 4.68 Å². The molecule has 106 valence electrons. The summed E-state index contributed by atoms with van der Waals surface area (Å²) >= 11 is 0. The van der Waals surface area contributed by atoms with Crippen LogP contribution in [0.25, 0.3) is 0 Å². The Hall–Kier alpha value is -2.17. The number of aromatic nitrogens is 2. The summed E-state index contributed by atoms with van der Waals surface area (Å²) in [4.78, 5) is 0. The van der Waals surface area contributed by atoms with Gasteiger partial charge in [0.15, 0.2) is 11.5 Å². The van der Waals surface area contributed by atoms with Crippen molar-refractivity contribution in [2.75, 3.05) is 18.5 Å². The summed E-state index contributed by atoms with van der Waals surface area (Å²) in [6.07, 6.45) is 2.99. The van der Waals surface area contributed by atoms with Crippen molar-refractivity contribution in [1.29, 1.82) is 0 Å². The standard InChI is InChI=1S/C15H19N3O2/c1-3-12-11(10-18(2)17-12)9-16-13-5-4-6-14-15(13)20-8-7-19-14/h4-6,10,16H,3,7-9H2,1-2H3. The van der Waals surface area contributed by atoms with Gasteiger partial charge in [-0.2, -0.15) is 5.10 Å². The highest BCUT2D eigenvalue weighted by atomic mass is 16.6. The molecule has 20 heavy (non-hydrogen) atoms. The summed E-state index contributed by atoms with van der Waals surface area (Å²) in [6.45, 7) is 4.06. The van der Waals surface area contributed by atoms with Gasteiger partial charge in [0.2, 0.25) is 0 Å². The van der Waals surface area contributed by atoms with Gasteiger partial charge in [0, 0.05) is 25.4 Å². The second-order valence-corrected chi connectivity index (χ2v) is 4.81. The van der Waals surface area contributed by atoms with Crippen molar-refractivity contribution in [3.05, 3.63) is 35.7 Å². The molecule has 0 amide bonds. The molecular formula is C15H19N3O2. The lowest BCUT2D eigenvalue weighted by molar-refractivity contribution is 0.172. The van der Waals surface area contributed by atoms with Crippen molar-refractivity contribution in [2.45, 2.75) is 19.9 Å². The molecule has 0 bridgehead atoms. The van der Waals surface area contributed by atoms with E-state index >= 15 is 0 Å². The number of ether oxygens (including phenoxy) is 2. The van der Waals surface area contributed by atoms with Gasteiger partial charge in [0.25, 0.3) is 0 Å². The van der Waals surface area contributed by atoms with Crippen molar-refractivity contribution in [1.82, 2.24) is 9.78 Å². The zero-order chi connectivity index (χ0) is 13.9. The second-order valence-electron chi connectivity index (χ2n) is 4.81. The molecule has 5 heteroatoms. The van der Waals surface area contributed by atoms with E-state index in [1.807, 2.05) is 29.9 Å². The van der Waals surface area contributed by atoms with E-state index in [1.54, 1.807) is 0 Å². The van der Waals surface area contributed by atoms with E-state index in [9.17, 15) is 0 Å². The topological polar surface area (TPSA) is 48.3 Å². The molecule has 2 aromatic rings. The first kappa shape index (κ1) is 12.8. The second kappa shape index (κ2) is 5.45. The number of para-hydroxylation sites is 1. The van der Waals surface area contributed by atoms with Crippen LogP contribution in [0.3, 0.4) is 0 Å². The molecule has 0 saturated carbocycles. The van der Waals surface area contributed by atoms with E-state index in [4.69, 9.17) is 9.47 Å². The van der Waals surface area contributed by atoms with E-state index in [-0.39, 0.29) is 0 Å². The minimum absolute atomic E-state index is 0.596. The Bertz CT molecular complexity index is 607. The van der Waals surface area contributed by atoms with E-state index in [0.29, 0.717) is 13.2 Å². The van der Waals surface area contributed by atoms with E-state index < -0.39 is 0 Å². The Morgan fingerprint density at radius 2 is 2.15 bits per heavy atom. The van der Waals surface area contributed by atoms with E-state index in [2.05, 4.69) is 23.5 Å². The Balaban J connectivity index is 1.78. The molecule has 0 spiro atoms. The van der Waals surface area contributed by atoms with Crippen LogP contribution in [0.2, 0.25) is 0 Å². The third kappa shape index (κ3) is 2.43. The molecule has 1 N–H and O–H groups in total. The average Bonchev–Trinajstić information content (AvgIpc) is 2.85. The molecule has 1 aliphatic heterocycles. The summed E-state index contributed by atoms with van der Waals surface area (Å²) in [5.74, 6) is 1.61. The van der Waals surface area contributed by atoms with Crippen molar-refractivity contribution >= 4 is 5.69 Å². The third-order valence-corrected chi connectivity index (χ3v) is 3.36. The van der Waals surface area contributed by atoms with Crippen LogP contribution in [0.4, 0.5) is 5.69 Å². The van der Waals surface area contributed by atoms with Crippen LogP contribution in [0.15, 0.2) is 24.4 Å². The highest BCUT2D eigenvalue weighted by molar-refractivity contribution is 5.63. The molecule has 1 aliphatic rings. The van der Waals surface area contributed by atoms with Crippen LogP contribution >= 0.6 is 0 Å². The molecule has 0 fully saturated rings. The van der Waals surface area contributed by atoms with Crippen LogP contribution in [-0.4, -0.2) is 23.0 Å². The van der Waals surface area contributed by atoms with Crippen LogP contribution < -0.4 is 14.8 Å². The van der Waals surface area contributed by atoms with Crippen LogP contribution in [0, 0.1) is 0 Å². The van der Waals surface area contributed by atoms with Gasteiger partial charge in [-0.25, -0.2) is 0 Å². The maximum absolute atomic E-state index is 5.70. The quantitative estimate of drug-likeness (QED) is 0.929. The smallest absolute Gasteiger partial charge is 0.184 e. The normalized spacial score (nSPS) is 13.3. The van der Waals surface area contributed by atoms with Gasteiger partial charge in [0.1, 0.15) is 13.2 Å². The molecule has 0 radical (unpaired) electrons. The maximum atomic E-state index is 5.70. The number of rotatable bonds is 4. The minimum atomic E-state index is 0.596. The molecule has 0 atom stereocenters. The van der Waals surface area contributed by atoms with Gasteiger partial charge in [0.05, 0.1) is 11.4 Å². The first-order valence-corrected chi connectivity index (χ1v) is 6.92. The van der Waals surface area contributed by atoms with Gasteiger partial charge in [-0.1, -0.05) is 13.0 Å². The number of aryl methyl sites for hydroxylation is 2. The van der Waals surface area contributed by atoms with E-state index in [1.165, 1.54) is 5.56 Å². The summed E-state index contributed by atoms with van der Waals surface area (Å²) < 4.78 is 13.1. The fraction of sp³-hybridized carbons (Fsp3) is 0.400. The lowest BCUT2D eigenvalue weighted by atomic mass is 10.2. The number of anilines is 1. The van der Waals surface area contributed by atoms with Crippen molar-refractivity contribution in [3.8, 4) is 11.5 Å². The molecule has 0 unspecified atom stereocenters. The lowest BCUT2D eigenvalue weighted by Crippen LogP contribution is -2.16. The molecule has 2 heterocycles. The zero-order valence-corrected chi connectivity index (χ0v) is 11.8. The van der Waals surface area contributed by atoms with Crippen molar-refractivity contribution in [3.63, 3.8) is 0 Å². The highest BCUT2D eigenvalue weighted by Crippen LogP contribution is 2.37. The average molecular weight is 273 g/mol. The van der Waals surface area contributed by atoms with Gasteiger partial charge < -0.3 is 14.8 Å². The van der Waals surface area contributed by atoms with Crippen molar-refractivity contribution < 1.29 is 9.47 Å². The summed E-state index contributed by atoms with van der Waals surface area (Å²) in [5.41, 5.74) is 3.31. The number of hydrogen-bond acceptors (Lipinski definition) is 4. The molecule has 1 aromatic carbocycles. The Morgan fingerprint density at radius 3 is 3.00 bits per heavy atom. The molecule has 0 aliphatic carbocycles. The predicted octanol–water partition coefficient (Wildman–Crippen LogP) is 2.37. The number of hydrogen-bond donors (Lipinski definition) is 1. The Kier molecular flexibility index (Phi) is 3.50. The summed E-state index contributed by atoms with van der Waals surface area (Å²) in [6, 6.07) is 5.91. The zero-order valence-electron chi connectivity index (χ0n) is 11.8. The number of nitrogens with zero attached hydrogens (tertiary/aromatic N) is 2. The largest absolute Gasteiger partial charge is 0.486 e. The molecule has 1 aromatic heterocycles. The SMILES string of the molecule is CCc1nn(C)cc1CNc1cccc2c1OCCO2. The first-order valence-electron chi connectivity index (χ1n) is 6.92. The summed E-state index contributed by atoms with van der Waals surface area (Å²) in [5, 5.41) is 7.87. The van der Waals surface area contributed by atoms with Gasteiger partial charge >= 0.3 is 0 Å². The number of benzene rings is 1. The maximum Gasteiger partial charge on any atom is 0.184 e. The summed E-state index contributed by atoms with van der Waals surface area (Å²) in [7, 11) is 1.95. The van der Waals surface area contributed by atoms with Crippen LogP contribution in [0.5, 0.6) is 11.5 Å². The molecule has 5 nitrogen and oxygen atoms in total. The lowest BCUT2D eigenvalue weighted by Gasteiger charge is -2.21. The fourth-order valence-corrected chi connectivity index (χ4v) is 2.43. The first-order chi connectivity index (χ1) is 9.78. The predicted molar refractivity (Wildman–Crippen MR) is 77.3 cm³/mol. The fourth-order valence-electron chi connectivity index (χ4n) is 2.43. The monoisotopic (exact) mass is 273 g/mol. The number of nitrogens with one attached hydrogen (secondary N) is 1. The third-order valence-electron chi connectivity index (χ3n) is 3.36. The Morgan fingerprint density at radius 1 is 1.30 bits per heavy atom. The number of fused-ring (bicyclic) bond motifs is 1.